The van der Waals surface area contributed by atoms with Gasteiger partial charge in [-0.3, -0.25) is 4.79 Å². The van der Waals surface area contributed by atoms with E-state index in [1.807, 2.05) is 18.2 Å². The second kappa shape index (κ2) is 4.64. The minimum atomic E-state index is -0.472. The third-order valence-electron chi connectivity index (χ3n) is 1.80. The lowest BCUT2D eigenvalue weighted by Gasteiger charge is -2.06. The molecule has 1 atom stereocenters. The van der Waals surface area contributed by atoms with Crippen molar-refractivity contribution < 1.29 is 4.79 Å². The van der Waals surface area contributed by atoms with Crippen molar-refractivity contribution in [3.8, 4) is 0 Å². The summed E-state index contributed by atoms with van der Waals surface area (Å²) in [5.74, 6) is -0.0263. The highest BCUT2D eigenvalue weighted by molar-refractivity contribution is 6.32. The van der Waals surface area contributed by atoms with E-state index >= 15 is 0 Å². The second-order valence-corrected chi connectivity index (χ2v) is 3.81. The average molecular weight is 217 g/mol. The van der Waals surface area contributed by atoms with Gasteiger partial charge in [0.05, 0.1) is 5.38 Å². The number of carbonyl (C=O) groups is 1. The van der Waals surface area contributed by atoms with Crippen molar-refractivity contribution in [2.45, 2.75) is 18.7 Å². The largest absolute Gasteiger partial charge is 0.298 e. The van der Waals surface area contributed by atoms with Gasteiger partial charge < -0.3 is 0 Å². The molecule has 0 saturated carbocycles. The summed E-state index contributed by atoms with van der Waals surface area (Å²) in [6, 6.07) is 7.40. The summed E-state index contributed by atoms with van der Waals surface area (Å²) in [6.07, 6.45) is 0.497. The Morgan fingerprint density at radius 1 is 1.46 bits per heavy atom. The standard InChI is InChI=1S/C10H10Cl2O/c1-7(13)10(12)6-8-4-2-3-5-9(8)11/h2-5,10H,6H2,1H3. The number of ketones is 1. The van der Waals surface area contributed by atoms with Crippen LogP contribution in [0.2, 0.25) is 5.02 Å². The van der Waals surface area contributed by atoms with Gasteiger partial charge in [0.25, 0.3) is 0 Å². The summed E-state index contributed by atoms with van der Waals surface area (Å²) in [7, 11) is 0. The van der Waals surface area contributed by atoms with Gasteiger partial charge >= 0.3 is 0 Å². The van der Waals surface area contributed by atoms with E-state index < -0.39 is 5.38 Å². The maximum absolute atomic E-state index is 10.9. The molecular weight excluding hydrogens is 207 g/mol. The zero-order chi connectivity index (χ0) is 9.84. The Balaban J connectivity index is 2.74. The third kappa shape index (κ3) is 3.02. The summed E-state index contributed by atoms with van der Waals surface area (Å²) in [5.41, 5.74) is 0.916. The Bertz CT molecular complexity index is 310. The normalized spacial score (nSPS) is 12.5. The number of hydrogen-bond donors (Lipinski definition) is 0. The van der Waals surface area contributed by atoms with Gasteiger partial charge in [-0.1, -0.05) is 29.8 Å². The van der Waals surface area contributed by atoms with Crippen LogP contribution in [0.25, 0.3) is 0 Å². The molecule has 1 rings (SSSR count). The quantitative estimate of drug-likeness (QED) is 0.711. The maximum Gasteiger partial charge on any atom is 0.147 e. The smallest absolute Gasteiger partial charge is 0.147 e. The van der Waals surface area contributed by atoms with Gasteiger partial charge in [-0.15, -0.1) is 11.6 Å². The molecule has 0 bridgehead atoms. The molecule has 0 aromatic heterocycles. The van der Waals surface area contributed by atoms with Crippen LogP contribution in [-0.4, -0.2) is 11.2 Å². The van der Waals surface area contributed by atoms with Crippen molar-refractivity contribution in [3.63, 3.8) is 0 Å². The fraction of sp³-hybridized carbons (Fsp3) is 0.300. The van der Waals surface area contributed by atoms with Crippen molar-refractivity contribution in [2.75, 3.05) is 0 Å². The van der Waals surface area contributed by atoms with E-state index in [9.17, 15) is 4.79 Å². The van der Waals surface area contributed by atoms with Crippen LogP contribution < -0.4 is 0 Å². The first kappa shape index (κ1) is 10.6. The van der Waals surface area contributed by atoms with Crippen LogP contribution in [0.5, 0.6) is 0 Å². The minimum absolute atomic E-state index is 0.0263. The molecule has 0 radical (unpaired) electrons. The average Bonchev–Trinajstić information content (AvgIpc) is 2.08. The summed E-state index contributed by atoms with van der Waals surface area (Å²) in [5, 5.41) is 0.189. The van der Waals surface area contributed by atoms with Crippen LogP contribution in [0.1, 0.15) is 12.5 Å². The first-order valence-corrected chi connectivity index (χ1v) is 4.80. The molecule has 0 spiro atoms. The van der Waals surface area contributed by atoms with Crippen LogP contribution in [0.15, 0.2) is 24.3 Å². The van der Waals surface area contributed by atoms with E-state index in [0.29, 0.717) is 11.4 Å². The van der Waals surface area contributed by atoms with Crippen LogP contribution in [-0.2, 0) is 11.2 Å². The van der Waals surface area contributed by atoms with E-state index in [2.05, 4.69) is 0 Å². The number of halogens is 2. The summed E-state index contributed by atoms with van der Waals surface area (Å²) in [4.78, 5) is 10.9. The number of Topliss-reactive ketones (excluding diaryl/α,β-unsaturated/α-hetero) is 1. The van der Waals surface area contributed by atoms with E-state index in [4.69, 9.17) is 23.2 Å². The minimum Gasteiger partial charge on any atom is -0.298 e. The Morgan fingerprint density at radius 2 is 2.08 bits per heavy atom. The van der Waals surface area contributed by atoms with Gasteiger partial charge in [0.15, 0.2) is 0 Å². The first-order chi connectivity index (χ1) is 6.11. The maximum atomic E-state index is 10.9. The summed E-state index contributed by atoms with van der Waals surface area (Å²) >= 11 is 11.7. The number of rotatable bonds is 3. The summed E-state index contributed by atoms with van der Waals surface area (Å²) in [6.45, 7) is 1.48. The Labute approximate surface area is 87.7 Å². The molecule has 3 heteroatoms. The number of alkyl halides is 1. The predicted octanol–water partition coefficient (Wildman–Crippen LogP) is 3.08. The lowest BCUT2D eigenvalue weighted by atomic mass is 10.1. The van der Waals surface area contributed by atoms with Crippen LogP contribution >= 0.6 is 23.2 Å². The molecule has 0 saturated heterocycles. The molecule has 0 N–H and O–H groups in total. The highest BCUT2D eigenvalue weighted by Crippen LogP contribution is 2.18. The van der Waals surface area contributed by atoms with Crippen molar-refractivity contribution >= 4 is 29.0 Å². The molecule has 0 aliphatic heterocycles. The zero-order valence-corrected chi connectivity index (χ0v) is 8.77. The fourth-order valence-electron chi connectivity index (χ4n) is 1.00. The van der Waals surface area contributed by atoms with Gasteiger partial charge in [0, 0.05) is 5.02 Å². The van der Waals surface area contributed by atoms with Crippen molar-refractivity contribution in [3.05, 3.63) is 34.9 Å². The molecule has 1 nitrogen and oxygen atoms in total. The van der Waals surface area contributed by atoms with Crippen LogP contribution in [0.4, 0.5) is 0 Å². The summed E-state index contributed by atoms with van der Waals surface area (Å²) < 4.78 is 0. The van der Waals surface area contributed by atoms with E-state index in [0.717, 1.165) is 5.56 Å². The van der Waals surface area contributed by atoms with Crippen molar-refractivity contribution in [2.24, 2.45) is 0 Å². The second-order valence-electron chi connectivity index (χ2n) is 2.87. The molecule has 0 heterocycles. The molecule has 0 amide bonds. The van der Waals surface area contributed by atoms with Gasteiger partial charge in [-0.25, -0.2) is 0 Å². The molecule has 0 aliphatic rings. The molecule has 0 aliphatic carbocycles. The SMILES string of the molecule is CC(=O)C(Cl)Cc1ccccc1Cl. The number of benzene rings is 1. The Kier molecular flexibility index (Phi) is 3.76. The third-order valence-corrected chi connectivity index (χ3v) is 2.63. The van der Waals surface area contributed by atoms with Crippen LogP contribution in [0, 0.1) is 0 Å². The highest BCUT2D eigenvalue weighted by Gasteiger charge is 2.12. The van der Waals surface area contributed by atoms with Crippen molar-refractivity contribution in [1.29, 1.82) is 0 Å². The Hall–Kier alpha value is -0.530. The Morgan fingerprint density at radius 3 is 2.62 bits per heavy atom. The molecular formula is C10H10Cl2O. The van der Waals surface area contributed by atoms with Gasteiger partial charge in [-0.2, -0.15) is 0 Å². The predicted molar refractivity (Wildman–Crippen MR) is 55.5 cm³/mol. The monoisotopic (exact) mass is 216 g/mol. The topological polar surface area (TPSA) is 17.1 Å². The molecule has 70 valence electrons. The van der Waals surface area contributed by atoms with Crippen LogP contribution in [0.3, 0.4) is 0 Å². The lowest BCUT2D eigenvalue weighted by Crippen LogP contribution is -2.13. The number of hydrogen-bond acceptors (Lipinski definition) is 1. The van der Waals surface area contributed by atoms with E-state index in [1.165, 1.54) is 6.92 Å². The van der Waals surface area contributed by atoms with Gasteiger partial charge in [0.1, 0.15) is 5.78 Å². The molecule has 1 aromatic carbocycles. The molecule has 1 aromatic rings. The number of carbonyl (C=O) groups excluding carboxylic acids is 1. The molecule has 1 unspecified atom stereocenters. The highest BCUT2D eigenvalue weighted by atomic mass is 35.5. The lowest BCUT2D eigenvalue weighted by molar-refractivity contribution is -0.116. The van der Waals surface area contributed by atoms with Gasteiger partial charge in [0.2, 0.25) is 0 Å². The van der Waals surface area contributed by atoms with E-state index in [1.54, 1.807) is 6.07 Å². The molecule has 0 fully saturated rings. The van der Waals surface area contributed by atoms with E-state index in [-0.39, 0.29) is 5.78 Å². The zero-order valence-electron chi connectivity index (χ0n) is 7.26. The first-order valence-electron chi connectivity index (χ1n) is 3.99. The fourth-order valence-corrected chi connectivity index (χ4v) is 1.38. The molecule has 13 heavy (non-hydrogen) atoms. The van der Waals surface area contributed by atoms with Crippen molar-refractivity contribution in [1.82, 2.24) is 0 Å². The van der Waals surface area contributed by atoms with Gasteiger partial charge in [-0.05, 0) is 25.0 Å².